The van der Waals surface area contributed by atoms with Crippen LogP contribution in [0.15, 0.2) is 48.5 Å². The van der Waals surface area contributed by atoms with Crippen molar-refractivity contribution in [3.05, 3.63) is 71.2 Å². The number of hydrogen-bond acceptors (Lipinski definition) is 2. The van der Waals surface area contributed by atoms with Gasteiger partial charge >= 0.3 is 0 Å². The Morgan fingerprint density at radius 2 is 2.08 bits per heavy atom. The Kier molecular flexibility index (Phi) is 4.04. The van der Waals surface area contributed by atoms with Gasteiger partial charge in [-0.15, -0.1) is 0 Å². The molecule has 4 rings (SSSR count). The van der Waals surface area contributed by atoms with E-state index in [9.17, 15) is 9.18 Å². The van der Waals surface area contributed by atoms with Crippen molar-refractivity contribution < 1.29 is 9.18 Å². The lowest BCUT2D eigenvalue weighted by molar-refractivity contribution is 0.0779. The highest BCUT2D eigenvalue weighted by molar-refractivity contribution is 5.99. The van der Waals surface area contributed by atoms with Crippen LogP contribution in [-0.4, -0.2) is 28.9 Å². The lowest BCUT2D eigenvalue weighted by Crippen LogP contribution is -2.41. The average molecular weight is 351 g/mol. The minimum atomic E-state index is -0.710. The number of carbonyl (C=O) groups excluding carboxylic acids is 1. The Hall–Kier alpha value is -2.66. The third kappa shape index (κ3) is 2.78. The van der Waals surface area contributed by atoms with Crippen molar-refractivity contribution in [1.82, 2.24) is 9.88 Å². The minimum absolute atomic E-state index is 0.0630. The smallest absolute Gasteiger partial charge is 0.270 e. The van der Waals surface area contributed by atoms with E-state index < -0.39 is 5.54 Å². The molecule has 4 nitrogen and oxygen atoms in total. The summed E-state index contributed by atoms with van der Waals surface area (Å²) in [4.78, 5) is 17.9. The minimum Gasteiger partial charge on any atom is -0.351 e. The Morgan fingerprint density at radius 3 is 2.85 bits per heavy atom. The second-order valence-electron chi connectivity index (χ2n) is 7.06. The molecule has 2 aromatic carbocycles. The summed E-state index contributed by atoms with van der Waals surface area (Å²) in [6.45, 7) is 3.04. The van der Waals surface area contributed by atoms with Crippen LogP contribution in [0.4, 0.5) is 4.39 Å². The van der Waals surface area contributed by atoms with Gasteiger partial charge in [0, 0.05) is 24.0 Å². The number of aromatic amines is 1. The van der Waals surface area contributed by atoms with Gasteiger partial charge in [0.05, 0.1) is 5.54 Å². The van der Waals surface area contributed by atoms with Crippen molar-refractivity contribution in [2.24, 2.45) is 5.73 Å². The molecule has 1 unspecified atom stereocenters. The van der Waals surface area contributed by atoms with Crippen LogP contribution in [0.1, 0.15) is 35.0 Å². The van der Waals surface area contributed by atoms with E-state index in [-0.39, 0.29) is 11.7 Å². The first-order chi connectivity index (χ1) is 12.5. The molecule has 1 amide bonds. The molecule has 1 aliphatic heterocycles. The summed E-state index contributed by atoms with van der Waals surface area (Å²) in [6.07, 6.45) is 1.53. The molecule has 26 heavy (non-hydrogen) atoms. The SMILES string of the molecule is CCc1cccc2[nH]c(C(=O)N3CCC(N)(c4cccc(F)c4)C3)cc12. The molecule has 0 radical (unpaired) electrons. The van der Waals surface area contributed by atoms with Gasteiger partial charge in [-0.2, -0.15) is 0 Å². The molecule has 5 heteroatoms. The van der Waals surface area contributed by atoms with Gasteiger partial charge in [-0.25, -0.2) is 4.39 Å². The molecular formula is C21H22FN3O. The standard InChI is InChI=1S/C21H22FN3O/c1-2-14-5-3-8-18-17(14)12-19(24-18)20(26)25-10-9-21(23,13-25)15-6-4-7-16(22)11-15/h3-8,11-12,24H,2,9-10,13,23H2,1H3. The molecule has 1 fully saturated rings. The Morgan fingerprint density at radius 1 is 1.27 bits per heavy atom. The zero-order chi connectivity index (χ0) is 18.3. The van der Waals surface area contributed by atoms with Gasteiger partial charge in [0.1, 0.15) is 11.5 Å². The molecule has 0 bridgehead atoms. The highest BCUT2D eigenvalue weighted by Gasteiger charge is 2.38. The largest absolute Gasteiger partial charge is 0.351 e. The van der Waals surface area contributed by atoms with Gasteiger partial charge in [-0.1, -0.05) is 31.2 Å². The highest BCUT2D eigenvalue weighted by atomic mass is 19.1. The van der Waals surface area contributed by atoms with Crippen LogP contribution in [-0.2, 0) is 12.0 Å². The number of amides is 1. The van der Waals surface area contributed by atoms with E-state index in [2.05, 4.69) is 18.0 Å². The third-order valence-corrected chi connectivity index (χ3v) is 5.35. The number of benzene rings is 2. The first kappa shape index (κ1) is 16.8. The Balaban J connectivity index is 1.60. The molecule has 1 aliphatic rings. The number of halogens is 1. The maximum Gasteiger partial charge on any atom is 0.270 e. The lowest BCUT2D eigenvalue weighted by atomic mass is 9.90. The fourth-order valence-corrected chi connectivity index (χ4v) is 3.85. The van der Waals surface area contributed by atoms with Gasteiger partial charge in [-0.3, -0.25) is 4.79 Å². The predicted octanol–water partition coefficient (Wildman–Crippen LogP) is 3.57. The summed E-state index contributed by atoms with van der Waals surface area (Å²) >= 11 is 0. The molecular weight excluding hydrogens is 329 g/mol. The van der Waals surface area contributed by atoms with Gasteiger partial charge in [-0.05, 0) is 48.2 Å². The van der Waals surface area contributed by atoms with Gasteiger partial charge in [0.2, 0.25) is 0 Å². The number of nitrogens with zero attached hydrogens (tertiary/aromatic N) is 1. The molecule has 3 aromatic rings. The summed E-state index contributed by atoms with van der Waals surface area (Å²) in [5.74, 6) is -0.369. The fraction of sp³-hybridized carbons (Fsp3) is 0.286. The van der Waals surface area contributed by atoms with E-state index in [1.54, 1.807) is 11.0 Å². The maximum atomic E-state index is 13.6. The summed E-state index contributed by atoms with van der Waals surface area (Å²) in [7, 11) is 0. The van der Waals surface area contributed by atoms with Gasteiger partial charge in [0.25, 0.3) is 5.91 Å². The van der Waals surface area contributed by atoms with Crippen LogP contribution in [0, 0.1) is 5.82 Å². The predicted molar refractivity (Wildman–Crippen MR) is 100 cm³/mol. The van der Waals surface area contributed by atoms with Crippen LogP contribution < -0.4 is 5.73 Å². The van der Waals surface area contributed by atoms with Crippen LogP contribution in [0.5, 0.6) is 0 Å². The zero-order valence-corrected chi connectivity index (χ0v) is 14.8. The zero-order valence-electron chi connectivity index (χ0n) is 14.8. The van der Waals surface area contributed by atoms with Crippen LogP contribution in [0.25, 0.3) is 10.9 Å². The summed E-state index contributed by atoms with van der Waals surface area (Å²) in [5.41, 5.74) is 9.29. The van der Waals surface area contributed by atoms with Gasteiger partial charge in [0.15, 0.2) is 0 Å². The molecule has 1 atom stereocenters. The number of nitrogens with one attached hydrogen (secondary N) is 1. The molecule has 0 spiro atoms. The number of nitrogens with two attached hydrogens (primary N) is 1. The monoisotopic (exact) mass is 351 g/mol. The Labute approximate surface area is 151 Å². The summed E-state index contributed by atoms with van der Waals surface area (Å²) < 4.78 is 13.6. The van der Waals surface area contributed by atoms with E-state index in [0.717, 1.165) is 22.9 Å². The Bertz CT molecular complexity index is 980. The van der Waals surface area contributed by atoms with E-state index in [1.165, 1.54) is 17.7 Å². The lowest BCUT2D eigenvalue weighted by Gasteiger charge is -2.25. The third-order valence-electron chi connectivity index (χ3n) is 5.35. The topological polar surface area (TPSA) is 62.1 Å². The number of aromatic nitrogens is 1. The first-order valence-corrected chi connectivity index (χ1v) is 8.95. The van der Waals surface area contributed by atoms with Gasteiger partial charge < -0.3 is 15.6 Å². The second-order valence-corrected chi connectivity index (χ2v) is 7.06. The van der Waals surface area contributed by atoms with E-state index >= 15 is 0 Å². The molecule has 3 N–H and O–H groups in total. The molecule has 2 heterocycles. The normalized spacial score (nSPS) is 20.0. The second kappa shape index (κ2) is 6.25. The molecule has 0 saturated carbocycles. The molecule has 134 valence electrons. The number of likely N-dealkylation sites (tertiary alicyclic amines) is 1. The molecule has 1 aromatic heterocycles. The number of fused-ring (bicyclic) bond motifs is 1. The number of H-pyrrole nitrogens is 1. The van der Waals surface area contributed by atoms with Crippen molar-refractivity contribution in [1.29, 1.82) is 0 Å². The summed E-state index contributed by atoms with van der Waals surface area (Å²) in [5, 5.41) is 1.08. The van der Waals surface area contributed by atoms with Crippen molar-refractivity contribution in [3.63, 3.8) is 0 Å². The highest BCUT2D eigenvalue weighted by Crippen LogP contribution is 2.31. The van der Waals surface area contributed by atoms with E-state index in [1.807, 2.05) is 24.3 Å². The van der Waals surface area contributed by atoms with Crippen molar-refractivity contribution in [2.45, 2.75) is 25.3 Å². The number of rotatable bonds is 3. The maximum absolute atomic E-state index is 13.6. The van der Waals surface area contributed by atoms with E-state index in [0.29, 0.717) is 25.2 Å². The fourth-order valence-electron chi connectivity index (χ4n) is 3.85. The van der Waals surface area contributed by atoms with Crippen molar-refractivity contribution >= 4 is 16.8 Å². The van der Waals surface area contributed by atoms with Crippen LogP contribution in [0.3, 0.4) is 0 Å². The summed E-state index contributed by atoms with van der Waals surface area (Å²) in [6, 6.07) is 14.3. The first-order valence-electron chi connectivity index (χ1n) is 8.95. The number of hydrogen-bond donors (Lipinski definition) is 2. The average Bonchev–Trinajstić information content (AvgIpc) is 3.25. The quantitative estimate of drug-likeness (QED) is 0.758. The molecule has 1 saturated heterocycles. The van der Waals surface area contributed by atoms with E-state index in [4.69, 9.17) is 5.73 Å². The van der Waals surface area contributed by atoms with Crippen LogP contribution in [0.2, 0.25) is 0 Å². The van der Waals surface area contributed by atoms with Crippen molar-refractivity contribution in [2.75, 3.05) is 13.1 Å². The number of carbonyl (C=O) groups is 1. The van der Waals surface area contributed by atoms with Crippen molar-refractivity contribution in [3.8, 4) is 0 Å². The van der Waals surface area contributed by atoms with Crippen LogP contribution >= 0.6 is 0 Å². The number of aryl methyl sites for hydroxylation is 1. The molecule has 0 aliphatic carbocycles.